The lowest BCUT2D eigenvalue weighted by Crippen LogP contribution is -2.54. The molecule has 152 valence electrons. The van der Waals surface area contributed by atoms with E-state index < -0.39 is 0 Å². The highest BCUT2D eigenvalue weighted by Crippen LogP contribution is 2.28. The van der Waals surface area contributed by atoms with Gasteiger partial charge in [0.25, 0.3) is 0 Å². The van der Waals surface area contributed by atoms with E-state index in [4.69, 9.17) is 0 Å². The number of piperazine rings is 1. The van der Waals surface area contributed by atoms with Gasteiger partial charge >= 0.3 is 0 Å². The summed E-state index contributed by atoms with van der Waals surface area (Å²) in [5, 5.41) is 0. The summed E-state index contributed by atoms with van der Waals surface area (Å²) in [5.74, 6) is 0.926. The second kappa shape index (κ2) is 8.19. The second-order valence-electron chi connectivity index (χ2n) is 9.45. The van der Waals surface area contributed by atoms with Crippen LogP contribution in [0.3, 0.4) is 0 Å². The van der Waals surface area contributed by atoms with E-state index in [2.05, 4.69) is 0 Å². The average Bonchev–Trinajstić information content (AvgIpc) is 3.20. The summed E-state index contributed by atoms with van der Waals surface area (Å²) >= 11 is 0. The zero-order valence-electron chi connectivity index (χ0n) is 17.2. The molecular weight excluding hydrogens is 342 g/mol. The molecule has 6 heteroatoms. The van der Waals surface area contributed by atoms with Crippen molar-refractivity contribution in [2.24, 2.45) is 17.3 Å². The van der Waals surface area contributed by atoms with Crippen LogP contribution in [0.25, 0.3) is 0 Å². The van der Waals surface area contributed by atoms with Gasteiger partial charge in [-0.25, -0.2) is 0 Å². The third kappa shape index (κ3) is 4.64. The average molecular weight is 378 g/mol. The third-order valence-electron chi connectivity index (χ3n) is 6.38. The summed E-state index contributed by atoms with van der Waals surface area (Å²) < 4.78 is 0. The zero-order valence-corrected chi connectivity index (χ0v) is 17.2. The summed E-state index contributed by atoms with van der Waals surface area (Å²) in [6.45, 7) is 9.82. The first kappa shape index (κ1) is 20.2. The SMILES string of the molecule is CC(C)(C)C(=O)N1CCC(C(=O)N2CCN(C(=O)C3CCCC3)CC2)CC1. The summed E-state index contributed by atoms with van der Waals surface area (Å²) in [4.78, 5) is 43.6. The normalized spacial score (nSPS) is 23.0. The fourth-order valence-electron chi connectivity index (χ4n) is 4.64. The van der Waals surface area contributed by atoms with Crippen LogP contribution in [0.4, 0.5) is 0 Å². The topological polar surface area (TPSA) is 60.9 Å². The highest BCUT2D eigenvalue weighted by Gasteiger charge is 2.35. The fraction of sp³-hybridized carbons (Fsp3) is 0.857. The van der Waals surface area contributed by atoms with Crippen molar-refractivity contribution < 1.29 is 14.4 Å². The van der Waals surface area contributed by atoms with Crippen LogP contribution in [0.15, 0.2) is 0 Å². The van der Waals surface area contributed by atoms with E-state index in [1.807, 2.05) is 35.5 Å². The Balaban J connectivity index is 1.45. The van der Waals surface area contributed by atoms with Crippen LogP contribution in [0.2, 0.25) is 0 Å². The predicted octanol–water partition coefficient (Wildman–Crippen LogP) is 2.13. The van der Waals surface area contributed by atoms with Crippen molar-refractivity contribution in [1.82, 2.24) is 14.7 Å². The lowest BCUT2D eigenvalue weighted by Gasteiger charge is -2.40. The molecule has 3 fully saturated rings. The van der Waals surface area contributed by atoms with Crippen LogP contribution in [0, 0.1) is 17.3 Å². The molecule has 2 heterocycles. The molecular formula is C21H35N3O3. The summed E-state index contributed by atoms with van der Waals surface area (Å²) in [6.07, 6.45) is 5.91. The van der Waals surface area contributed by atoms with E-state index in [9.17, 15) is 14.4 Å². The lowest BCUT2D eigenvalue weighted by atomic mass is 9.90. The number of piperidine rings is 1. The van der Waals surface area contributed by atoms with Crippen molar-refractivity contribution in [3.63, 3.8) is 0 Å². The summed E-state index contributed by atoms with van der Waals surface area (Å²) in [7, 11) is 0. The van der Waals surface area contributed by atoms with Gasteiger partial charge in [0.2, 0.25) is 17.7 Å². The molecule has 0 spiro atoms. The van der Waals surface area contributed by atoms with Gasteiger partial charge in [-0.15, -0.1) is 0 Å². The van der Waals surface area contributed by atoms with Crippen molar-refractivity contribution in [3.05, 3.63) is 0 Å². The molecule has 27 heavy (non-hydrogen) atoms. The maximum Gasteiger partial charge on any atom is 0.227 e. The first-order valence-corrected chi connectivity index (χ1v) is 10.6. The van der Waals surface area contributed by atoms with Crippen LogP contribution < -0.4 is 0 Å². The number of hydrogen-bond acceptors (Lipinski definition) is 3. The Hall–Kier alpha value is -1.59. The number of rotatable bonds is 2. The van der Waals surface area contributed by atoms with Crippen LogP contribution in [-0.2, 0) is 14.4 Å². The Morgan fingerprint density at radius 2 is 1.04 bits per heavy atom. The molecule has 0 bridgehead atoms. The van der Waals surface area contributed by atoms with Gasteiger partial charge in [-0.3, -0.25) is 14.4 Å². The number of carbonyl (C=O) groups is 3. The maximum atomic E-state index is 12.9. The van der Waals surface area contributed by atoms with E-state index in [0.29, 0.717) is 45.2 Å². The first-order valence-electron chi connectivity index (χ1n) is 10.6. The Labute approximate surface area is 163 Å². The van der Waals surface area contributed by atoms with E-state index >= 15 is 0 Å². The number of nitrogens with zero attached hydrogens (tertiary/aromatic N) is 3. The van der Waals surface area contributed by atoms with Crippen molar-refractivity contribution >= 4 is 17.7 Å². The Morgan fingerprint density at radius 1 is 0.630 bits per heavy atom. The molecule has 1 saturated carbocycles. The predicted molar refractivity (Wildman–Crippen MR) is 104 cm³/mol. The number of amides is 3. The van der Waals surface area contributed by atoms with Gasteiger partial charge < -0.3 is 14.7 Å². The second-order valence-corrected chi connectivity index (χ2v) is 9.45. The van der Waals surface area contributed by atoms with Gasteiger partial charge in [-0.2, -0.15) is 0 Å². The van der Waals surface area contributed by atoms with Gasteiger partial charge in [0, 0.05) is 56.5 Å². The Morgan fingerprint density at radius 3 is 1.44 bits per heavy atom. The standard InChI is InChI=1S/C21H35N3O3/c1-21(2,3)20(27)24-10-8-17(9-11-24)19(26)23-14-12-22(13-15-23)18(25)16-6-4-5-7-16/h16-17H,4-15H2,1-3H3. The third-order valence-corrected chi connectivity index (χ3v) is 6.38. The van der Waals surface area contributed by atoms with E-state index in [1.165, 1.54) is 12.8 Å². The van der Waals surface area contributed by atoms with Gasteiger partial charge in [0.05, 0.1) is 0 Å². The Bertz CT molecular complexity index is 562. The van der Waals surface area contributed by atoms with Crippen molar-refractivity contribution in [3.8, 4) is 0 Å². The molecule has 2 aliphatic heterocycles. The van der Waals surface area contributed by atoms with Gasteiger partial charge in [-0.1, -0.05) is 33.6 Å². The van der Waals surface area contributed by atoms with Gasteiger partial charge in [-0.05, 0) is 25.7 Å². The zero-order chi connectivity index (χ0) is 19.6. The maximum absolute atomic E-state index is 12.9. The lowest BCUT2D eigenvalue weighted by molar-refractivity contribution is -0.147. The quantitative estimate of drug-likeness (QED) is 0.741. The monoisotopic (exact) mass is 377 g/mol. The highest BCUT2D eigenvalue weighted by molar-refractivity contribution is 5.83. The molecule has 6 nitrogen and oxygen atoms in total. The summed E-state index contributed by atoms with van der Waals surface area (Å²) in [6, 6.07) is 0. The molecule has 3 rings (SSSR count). The number of carbonyl (C=O) groups excluding carboxylic acids is 3. The highest BCUT2D eigenvalue weighted by atomic mass is 16.2. The molecule has 0 unspecified atom stereocenters. The van der Waals surface area contributed by atoms with Crippen molar-refractivity contribution in [2.45, 2.75) is 59.3 Å². The van der Waals surface area contributed by atoms with E-state index in [0.717, 1.165) is 25.7 Å². The van der Waals surface area contributed by atoms with Crippen molar-refractivity contribution in [1.29, 1.82) is 0 Å². The molecule has 1 aliphatic carbocycles. The van der Waals surface area contributed by atoms with E-state index in [-0.39, 0.29) is 29.1 Å². The Kier molecular flexibility index (Phi) is 6.11. The minimum absolute atomic E-state index is 0.0195. The number of hydrogen-bond donors (Lipinski definition) is 0. The largest absolute Gasteiger partial charge is 0.342 e. The molecule has 0 atom stereocenters. The van der Waals surface area contributed by atoms with Gasteiger partial charge in [0.1, 0.15) is 0 Å². The molecule has 0 aromatic heterocycles. The van der Waals surface area contributed by atoms with Crippen LogP contribution in [-0.4, -0.2) is 71.7 Å². The smallest absolute Gasteiger partial charge is 0.227 e. The van der Waals surface area contributed by atoms with Crippen molar-refractivity contribution in [2.75, 3.05) is 39.3 Å². The molecule has 0 aromatic carbocycles. The molecule has 3 aliphatic rings. The minimum atomic E-state index is -0.362. The van der Waals surface area contributed by atoms with Crippen LogP contribution in [0.5, 0.6) is 0 Å². The molecule has 0 radical (unpaired) electrons. The molecule has 3 amide bonds. The van der Waals surface area contributed by atoms with E-state index in [1.54, 1.807) is 0 Å². The molecule has 0 N–H and O–H groups in total. The molecule has 0 aromatic rings. The van der Waals surface area contributed by atoms with Crippen LogP contribution in [0.1, 0.15) is 59.3 Å². The number of likely N-dealkylation sites (tertiary alicyclic amines) is 1. The summed E-state index contributed by atoms with van der Waals surface area (Å²) in [5.41, 5.74) is -0.362. The first-order chi connectivity index (χ1) is 12.8. The molecule has 2 saturated heterocycles. The fourth-order valence-corrected chi connectivity index (χ4v) is 4.64. The van der Waals surface area contributed by atoms with Gasteiger partial charge in [0.15, 0.2) is 0 Å². The minimum Gasteiger partial charge on any atom is -0.342 e. The van der Waals surface area contributed by atoms with Crippen LogP contribution >= 0.6 is 0 Å².